The predicted molar refractivity (Wildman–Crippen MR) is 85.2 cm³/mol. The Bertz CT molecular complexity index is 565. The van der Waals surface area contributed by atoms with Crippen LogP contribution in [-0.4, -0.2) is 27.8 Å². The van der Waals surface area contributed by atoms with Crippen molar-refractivity contribution in [3.8, 4) is 0 Å². The molecule has 2 unspecified atom stereocenters. The maximum Gasteiger partial charge on any atom is 0.0534 e. The summed E-state index contributed by atoms with van der Waals surface area (Å²) in [5.41, 5.74) is 8.62. The van der Waals surface area contributed by atoms with Crippen molar-refractivity contribution in [3.05, 3.63) is 52.3 Å². The maximum atomic E-state index is 6.21. The Morgan fingerprint density at radius 1 is 1.40 bits per heavy atom. The lowest BCUT2D eigenvalue weighted by molar-refractivity contribution is 0.210. The van der Waals surface area contributed by atoms with Gasteiger partial charge >= 0.3 is 0 Å². The van der Waals surface area contributed by atoms with E-state index in [9.17, 15) is 0 Å². The molecule has 20 heavy (non-hydrogen) atoms. The summed E-state index contributed by atoms with van der Waals surface area (Å²) in [6.45, 7) is 2.87. The summed E-state index contributed by atoms with van der Waals surface area (Å²) in [6, 6.07) is 8.45. The number of halogens is 1. The fourth-order valence-electron chi connectivity index (χ4n) is 2.58. The minimum atomic E-state index is 0.0374. The van der Waals surface area contributed by atoms with Crippen LogP contribution in [-0.2, 0) is 13.6 Å². The molecule has 2 N–H and O–H groups in total. The van der Waals surface area contributed by atoms with Crippen molar-refractivity contribution in [1.82, 2.24) is 14.7 Å². The van der Waals surface area contributed by atoms with Crippen LogP contribution in [0.4, 0.5) is 0 Å². The first-order chi connectivity index (χ1) is 9.49. The first-order valence-corrected chi connectivity index (χ1v) is 7.46. The highest BCUT2D eigenvalue weighted by Crippen LogP contribution is 2.29. The second-order valence-electron chi connectivity index (χ2n) is 5.26. The molecule has 0 bridgehead atoms. The van der Waals surface area contributed by atoms with Crippen LogP contribution >= 0.6 is 15.9 Å². The van der Waals surface area contributed by atoms with E-state index in [0.29, 0.717) is 0 Å². The van der Waals surface area contributed by atoms with E-state index in [-0.39, 0.29) is 12.1 Å². The molecule has 1 aromatic heterocycles. The molecule has 0 aliphatic carbocycles. The second-order valence-corrected chi connectivity index (χ2v) is 6.12. The van der Waals surface area contributed by atoms with Crippen molar-refractivity contribution in [2.75, 3.05) is 7.05 Å². The first kappa shape index (κ1) is 15.2. The Labute approximate surface area is 128 Å². The molecule has 0 aliphatic rings. The van der Waals surface area contributed by atoms with E-state index < -0.39 is 0 Å². The third-order valence-electron chi connectivity index (χ3n) is 3.39. The van der Waals surface area contributed by atoms with Crippen LogP contribution in [0, 0.1) is 0 Å². The van der Waals surface area contributed by atoms with Gasteiger partial charge in [0, 0.05) is 35.9 Å². The largest absolute Gasteiger partial charge is 0.326 e. The van der Waals surface area contributed by atoms with Gasteiger partial charge in [0.05, 0.1) is 12.2 Å². The topological polar surface area (TPSA) is 47.1 Å². The monoisotopic (exact) mass is 336 g/mol. The molecule has 2 aromatic rings. The van der Waals surface area contributed by atoms with Crippen molar-refractivity contribution in [2.24, 2.45) is 12.8 Å². The van der Waals surface area contributed by atoms with Crippen LogP contribution in [0.25, 0.3) is 0 Å². The molecule has 0 fully saturated rings. The molecule has 2 rings (SSSR count). The van der Waals surface area contributed by atoms with Crippen LogP contribution in [0.2, 0.25) is 0 Å². The van der Waals surface area contributed by atoms with Crippen molar-refractivity contribution in [3.63, 3.8) is 0 Å². The van der Waals surface area contributed by atoms with Crippen LogP contribution in [0.1, 0.15) is 24.1 Å². The van der Waals surface area contributed by atoms with E-state index in [4.69, 9.17) is 5.73 Å². The van der Waals surface area contributed by atoms with E-state index in [0.717, 1.165) is 11.0 Å². The molecule has 4 nitrogen and oxygen atoms in total. The summed E-state index contributed by atoms with van der Waals surface area (Å²) < 4.78 is 2.92. The number of likely N-dealkylation sites (N-methyl/N-ethyl adjacent to an activating group) is 1. The van der Waals surface area contributed by atoms with Crippen molar-refractivity contribution in [2.45, 2.75) is 25.6 Å². The standard InChI is InChI=1S/C15H21BrN4/c1-11(17)15(13-6-4-5-7-14(13)16)19(2)9-12-8-18-20(3)10-12/h4-8,10-11,15H,9,17H2,1-3H3. The highest BCUT2D eigenvalue weighted by Gasteiger charge is 2.23. The van der Waals surface area contributed by atoms with E-state index >= 15 is 0 Å². The normalized spacial score (nSPS) is 14.5. The van der Waals surface area contributed by atoms with Gasteiger partial charge in [-0.05, 0) is 25.6 Å². The van der Waals surface area contributed by atoms with Crippen molar-refractivity contribution in [1.29, 1.82) is 0 Å². The van der Waals surface area contributed by atoms with Gasteiger partial charge in [0.1, 0.15) is 0 Å². The quantitative estimate of drug-likeness (QED) is 0.913. The smallest absolute Gasteiger partial charge is 0.0534 e. The minimum absolute atomic E-state index is 0.0374. The zero-order valence-corrected chi connectivity index (χ0v) is 13.7. The van der Waals surface area contributed by atoms with Crippen LogP contribution < -0.4 is 5.73 Å². The highest BCUT2D eigenvalue weighted by atomic mass is 79.9. The van der Waals surface area contributed by atoms with Gasteiger partial charge in [-0.15, -0.1) is 0 Å². The fourth-order valence-corrected chi connectivity index (χ4v) is 3.10. The summed E-state index contributed by atoms with van der Waals surface area (Å²) in [5.74, 6) is 0. The second kappa shape index (κ2) is 6.52. The molecular formula is C15H21BrN4. The average molecular weight is 337 g/mol. The molecule has 1 aromatic carbocycles. The molecule has 5 heteroatoms. The number of rotatable bonds is 5. The maximum absolute atomic E-state index is 6.21. The molecule has 0 spiro atoms. The minimum Gasteiger partial charge on any atom is -0.326 e. The van der Waals surface area contributed by atoms with Gasteiger partial charge < -0.3 is 5.73 Å². The van der Waals surface area contributed by atoms with E-state index in [2.05, 4.69) is 45.1 Å². The molecule has 108 valence electrons. The lowest BCUT2D eigenvalue weighted by Gasteiger charge is -2.32. The number of nitrogens with two attached hydrogens (primary N) is 1. The first-order valence-electron chi connectivity index (χ1n) is 6.67. The van der Waals surface area contributed by atoms with Crippen LogP contribution in [0.5, 0.6) is 0 Å². The molecule has 0 amide bonds. The Hall–Kier alpha value is -1.17. The zero-order chi connectivity index (χ0) is 14.7. The van der Waals surface area contributed by atoms with Crippen LogP contribution in [0.3, 0.4) is 0 Å². The molecule has 0 saturated heterocycles. The van der Waals surface area contributed by atoms with Crippen molar-refractivity contribution >= 4 is 15.9 Å². The highest BCUT2D eigenvalue weighted by molar-refractivity contribution is 9.10. The van der Waals surface area contributed by atoms with Crippen molar-refractivity contribution < 1.29 is 0 Å². The molecule has 0 aliphatic heterocycles. The fraction of sp³-hybridized carbons (Fsp3) is 0.400. The van der Waals surface area contributed by atoms with E-state index in [1.165, 1.54) is 11.1 Å². The molecule has 2 atom stereocenters. The third-order valence-corrected chi connectivity index (χ3v) is 4.11. The zero-order valence-electron chi connectivity index (χ0n) is 12.1. The summed E-state index contributed by atoms with van der Waals surface area (Å²) in [4.78, 5) is 2.27. The number of hydrogen-bond donors (Lipinski definition) is 1. The number of aryl methyl sites for hydroxylation is 1. The molecule has 0 saturated carbocycles. The van der Waals surface area contributed by atoms with Gasteiger partial charge in [0.25, 0.3) is 0 Å². The Kier molecular flexibility index (Phi) is 4.96. The van der Waals surface area contributed by atoms with Gasteiger partial charge in [-0.3, -0.25) is 9.58 Å². The van der Waals surface area contributed by atoms with Gasteiger partial charge in [0.2, 0.25) is 0 Å². The van der Waals surface area contributed by atoms with Gasteiger partial charge in [-0.25, -0.2) is 0 Å². The lowest BCUT2D eigenvalue weighted by atomic mass is 9.99. The molecule has 1 heterocycles. The molecular weight excluding hydrogens is 316 g/mol. The number of aromatic nitrogens is 2. The van der Waals surface area contributed by atoms with Gasteiger partial charge in [-0.2, -0.15) is 5.10 Å². The Morgan fingerprint density at radius 3 is 2.65 bits per heavy atom. The number of benzene rings is 1. The van der Waals surface area contributed by atoms with E-state index in [1.807, 2.05) is 43.2 Å². The summed E-state index contributed by atoms with van der Waals surface area (Å²) in [5, 5.41) is 4.21. The predicted octanol–water partition coefficient (Wildman–Crippen LogP) is 2.70. The molecule has 0 radical (unpaired) electrons. The van der Waals surface area contributed by atoms with E-state index in [1.54, 1.807) is 0 Å². The summed E-state index contributed by atoms with van der Waals surface area (Å²) >= 11 is 3.62. The average Bonchev–Trinajstić information content (AvgIpc) is 2.77. The Morgan fingerprint density at radius 2 is 2.10 bits per heavy atom. The lowest BCUT2D eigenvalue weighted by Crippen LogP contribution is -2.37. The summed E-state index contributed by atoms with van der Waals surface area (Å²) in [6.07, 6.45) is 3.93. The van der Waals surface area contributed by atoms with Gasteiger partial charge in [-0.1, -0.05) is 34.1 Å². The Balaban J connectivity index is 2.22. The SMILES string of the molecule is CC(N)C(c1ccccc1Br)N(C)Cc1cnn(C)c1. The third kappa shape index (κ3) is 3.48. The number of hydrogen-bond acceptors (Lipinski definition) is 3. The number of nitrogens with zero attached hydrogens (tertiary/aromatic N) is 3. The van der Waals surface area contributed by atoms with Crippen LogP contribution in [0.15, 0.2) is 41.1 Å². The summed E-state index contributed by atoms with van der Waals surface area (Å²) in [7, 11) is 4.03. The van der Waals surface area contributed by atoms with Gasteiger partial charge in [0.15, 0.2) is 0 Å².